The van der Waals surface area contributed by atoms with Crippen LogP contribution in [-0.2, 0) is 0 Å². The molecule has 0 saturated carbocycles. The molecule has 3 nitrogen and oxygen atoms in total. The molecule has 2 aromatic carbocycles. The van der Waals surface area contributed by atoms with Gasteiger partial charge in [-0.15, -0.1) is 0 Å². The third-order valence-corrected chi connectivity index (χ3v) is 4.07. The first-order valence-corrected chi connectivity index (χ1v) is 7.21. The lowest BCUT2D eigenvalue weighted by atomic mass is 9.89. The first-order chi connectivity index (χ1) is 11.0. The molecule has 0 bridgehead atoms. The number of benzene rings is 2. The van der Waals surface area contributed by atoms with Crippen molar-refractivity contribution in [3.63, 3.8) is 0 Å². The Hall–Kier alpha value is -2.40. The van der Waals surface area contributed by atoms with Crippen molar-refractivity contribution in [2.75, 3.05) is 0 Å². The van der Waals surface area contributed by atoms with Crippen molar-refractivity contribution in [2.45, 2.75) is 12.2 Å². The van der Waals surface area contributed by atoms with Gasteiger partial charge in [0.2, 0.25) is 5.78 Å². The van der Waals surface area contributed by atoms with Crippen molar-refractivity contribution < 1.29 is 23.0 Å². The van der Waals surface area contributed by atoms with Gasteiger partial charge in [-0.2, -0.15) is 0 Å². The number of halogens is 3. The van der Waals surface area contributed by atoms with Gasteiger partial charge in [-0.1, -0.05) is 29.8 Å². The second-order valence-electron chi connectivity index (χ2n) is 5.24. The van der Waals surface area contributed by atoms with Crippen LogP contribution in [0.2, 0.25) is 5.02 Å². The highest BCUT2D eigenvalue weighted by Crippen LogP contribution is 2.46. The molecule has 2 aliphatic heterocycles. The average molecular weight is 335 g/mol. The van der Waals surface area contributed by atoms with Gasteiger partial charge in [-0.3, -0.25) is 4.79 Å². The van der Waals surface area contributed by atoms with Gasteiger partial charge in [0.15, 0.2) is 0 Å². The third kappa shape index (κ3) is 1.96. The fourth-order valence-corrected chi connectivity index (χ4v) is 2.92. The Morgan fingerprint density at radius 2 is 1.78 bits per heavy atom. The standard InChI is InChI=1S/C17H9ClF2O3/c18-10-5-6-14-11(8-10)15(21)12-7-9-3-1-2-4-13(9)22-17(12,23-14)16(19)20/h1-8,16H. The maximum Gasteiger partial charge on any atom is 0.344 e. The van der Waals surface area contributed by atoms with E-state index in [-0.39, 0.29) is 22.6 Å². The summed E-state index contributed by atoms with van der Waals surface area (Å²) in [6.07, 6.45) is -1.66. The van der Waals surface area contributed by atoms with E-state index < -0.39 is 18.0 Å². The molecule has 1 atom stereocenters. The van der Waals surface area contributed by atoms with Crippen molar-refractivity contribution in [3.8, 4) is 11.5 Å². The Balaban J connectivity index is 1.97. The van der Waals surface area contributed by atoms with E-state index >= 15 is 0 Å². The van der Waals surface area contributed by atoms with Crippen LogP contribution in [0.3, 0.4) is 0 Å². The first-order valence-electron chi connectivity index (χ1n) is 6.83. The molecule has 0 saturated heterocycles. The molecule has 0 radical (unpaired) electrons. The van der Waals surface area contributed by atoms with Gasteiger partial charge in [0.25, 0.3) is 0 Å². The summed E-state index contributed by atoms with van der Waals surface area (Å²) in [4.78, 5) is 12.7. The molecule has 0 N–H and O–H groups in total. The minimum absolute atomic E-state index is 0.0243. The highest BCUT2D eigenvalue weighted by atomic mass is 35.5. The number of alkyl halides is 2. The number of ketones is 1. The van der Waals surface area contributed by atoms with Crippen LogP contribution >= 0.6 is 11.6 Å². The van der Waals surface area contributed by atoms with Gasteiger partial charge in [0, 0.05) is 10.6 Å². The van der Waals surface area contributed by atoms with Gasteiger partial charge < -0.3 is 9.47 Å². The summed E-state index contributed by atoms with van der Waals surface area (Å²) in [5, 5.41) is 0.322. The Bertz CT molecular complexity index is 863. The number of hydrogen-bond acceptors (Lipinski definition) is 3. The quantitative estimate of drug-likeness (QED) is 0.777. The normalized spacial score (nSPS) is 21.6. The molecule has 6 heteroatoms. The number of hydrogen-bond donors (Lipinski definition) is 0. The van der Waals surface area contributed by atoms with Crippen LogP contribution in [0.25, 0.3) is 6.08 Å². The number of para-hydroxylation sites is 1. The van der Waals surface area contributed by atoms with Crippen molar-refractivity contribution in [3.05, 3.63) is 64.2 Å². The molecule has 0 aliphatic carbocycles. The zero-order valence-electron chi connectivity index (χ0n) is 11.6. The Morgan fingerprint density at radius 1 is 1.04 bits per heavy atom. The predicted molar refractivity (Wildman–Crippen MR) is 80.2 cm³/mol. The Labute approximate surface area is 135 Å². The second-order valence-corrected chi connectivity index (χ2v) is 5.67. The molecular formula is C17H9ClF2O3. The number of rotatable bonds is 1. The van der Waals surface area contributed by atoms with Crippen LogP contribution in [-0.4, -0.2) is 18.0 Å². The van der Waals surface area contributed by atoms with Crippen molar-refractivity contribution in [1.29, 1.82) is 0 Å². The van der Waals surface area contributed by atoms with E-state index in [4.69, 9.17) is 21.1 Å². The van der Waals surface area contributed by atoms with Crippen LogP contribution in [0.15, 0.2) is 48.0 Å². The lowest BCUT2D eigenvalue weighted by Crippen LogP contribution is -2.56. The molecule has 0 fully saturated rings. The lowest BCUT2D eigenvalue weighted by molar-refractivity contribution is -0.176. The molecule has 23 heavy (non-hydrogen) atoms. The Kier molecular flexibility index (Phi) is 2.96. The highest BCUT2D eigenvalue weighted by molar-refractivity contribution is 6.31. The molecule has 4 rings (SSSR count). The summed E-state index contributed by atoms with van der Waals surface area (Å²) in [5.74, 6) is -2.76. The molecule has 0 aromatic heterocycles. The lowest BCUT2D eigenvalue weighted by Gasteiger charge is -2.41. The zero-order valence-corrected chi connectivity index (χ0v) is 12.3. The number of ether oxygens (including phenoxy) is 2. The van der Waals surface area contributed by atoms with Gasteiger partial charge in [-0.25, -0.2) is 8.78 Å². The summed E-state index contributed by atoms with van der Waals surface area (Å²) < 4.78 is 38.5. The third-order valence-electron chi connectivity index (χ3n) is 3.84. The van der Waals surface area contributed by atoms with E-state index in [0.29, 0.717) is 10.6 Å². The Morgan fingerprint density at radius 3 is 2.57 bits per heavy atom. The number of carbonyl (C=O) groups is 1. The van der Waals surface area contributed by atoms with E-state index in [1.165, 1.54) is 24.3 Å². The smallest absolute Gasteiger partial charge is 0.344 e. The fourth-order valence-electron chi connectivity index (χ4n) is 2.75. The van der Waals surface area contributed by atoms with Crippen molar-refractivity contribution in [2.24, 2.45) is 0 Å². The monoisotopic (exact) mass is 334 g/mol. The van der Waals surface area contributed by atoms with E-state index in [1.54, 1.807) is 24.3 Å². The van der Waals surface area contributed by atoms with Crippen LogP contribution < -0.4 is 9.47 Å². The van der Waals surface area contributed by atoms with E-state index in [1.807, 2.05) is 0 Å². The van der Waals surface area contributed by atoms with Gasteiger partial charge in [0.1, 0.15) is 11.5 Å². The van der Waals surface area contributed by atoms with Crippen LogP contribution in [0.1, 0.15) is 15.9 Å². The van der Waals surface area contributed by atoms with E-state index in [0.717, 1.165) is 0 Å². The molecular weight excluding hydrogens is 326 g/mol. The summed E-state index contributed by atoms with van der Waals surface area (Å²) in [5.41, 5.74) is 0.449. The first kappa shape index (κ1) is 14.2. The minimum atomic E-state index is -3.05. The highest BCUT2D eigenvalue weighted by Gasteiger charge is 2.57. The zero-order chi connectivity index (χ0) is 16.2. The number of fused-ring (bicyclic) bond motifs is 3. The molecule has 0 amide bonds. The molecule has 2 aliphatic rings. The minimum Gasteiger partial charge on any atom is -0.443 e. The average Bonchev–Trinajstić information content (AvgIpc) is 2.54. The largest absolute Gasteiger partial charge is 0.443 e. The second kappa shape index (κ2) is 4.80. The van der Waals surface area contributed by atoms with Gasteiger partial charge in [0.05, 0.1) is 11.1 Å². The molecule has 2 aromatic rings. The molecule has 2 heterocycles. The summed E-state index contributed by atoms with van der Waals surface area (Å²) >= 11 is 5.89. The summed E-state index contributed by atoms with van der Waals surface area (Å²) in [6, 6.07) is 10.9. The SMILES string of the molecule is O=C1C2=Cc3ccccc3OC2(C(F)F)Oc2ccc(Cl)cc21. The van der Waals surface area contributed by atoms with Gasteiger partial charge in [-0.05, 0) is 30.3 Å². The van der Waals surface area contributed by atoms with Crippen molar-refractivity contribution >= 4 is 23.5 Å². The van der Waals surface area contributed by atoms with E-state index in [2.05, 4.69) is 0 Å². The summed E-state index contributed by atoms with van der Waals surface area (Å²) in [6.45, 7) is 0. The molecule has 0 spiro atoms. The van der Waals surface area contributed by atoms with Crippen LogP contribution in [0, 0.1) is 0 Å². The number of carbonyl (C=O) groups excluding carboxylic acids is 1. The topological polar surface area (TPSA) is 35.5 Å². The van der Waals surface area contributed by atoms with Crippen LogP contribution in [0.5, 0.6) is 11.5 Å². The maximum atomic E-state index is 13.8. The fraction of sp³-hybridized carbons (Fsp3) is 0.118. The van der Waals surface area contributed by atoms with Crippen LogP contribution in [0.4, 0.5) is 8.78 Å². The van der Waals surface area contributed by atoms with E-state index in [9.17, 15) is 13.6 Å². The van der Waals surface area contributed by atoms with Gasteiger partial charge >= 0.3 is 12.2 Å². The number of Topliss-reactive ketones (excluding diaryl/α,β-unsaturated/α-hetero) is 1. The maximum absolute atomic E-state index is 13.8. The van der Waals surface area contributed by atoms with Crippen molar-refractivity contribution in [1.82, 2.24) is 0 Å². The predicted octanol–water partition coefficient (Wildman–Crippen LogP) is 4.35. The molecule has 1 unspecified atom stereocenters. The summed E-state index contributed by atoms with van der Waals surface area (Å²) in [7, 11) is 0. The molecule has 116 valence electrons.